The molecule has 0 spiro atoms. The molecule has 4 rings (SSSR count). The number of para-hydroxylation sites is 2. The number of benzene rings is 2. The van der Waals surface area contributed by atoms with Gasteiger partial charge in [-0.05, 0) is 55.9 Å². The maximum atomic E-state index is 12.6. The average molecular weight is 421 g/mol. The van der Waals surface area contributed by atoms with Gasteiger partial charge in [0.2, 0.25) is 0 Å². The highest BCUT2D eigenvalue weighted by molar-refractivity contribution is 5.77. The second-order valence-electron chi connectivity index (χ2n) is 8.15. The van der Waals surface area contributed by atoms with Gasteiger partial charge in [0.15, 0.2) is 6.61 Å². The molecule has 0 unspecified atom stereocenters. The Labute approximate surface area is 181 Å². The number of ether oxygens (including phenoxy) is 1. The number of amides is 1. The molecule has 0 aliphatic carbocycles. The van der Waals surface area contributed by atoms with E-state index in [9.17, 15) is 9.59 Å². The van der Waals surface area contributed by atoms with Gasteiger partial charge in [-0.2, -0.15) is 5.10 Å². The fourth-order valence-corrected chi connectivity index (χ4v) is 4.12. The summed E-state index contributed by atoms with van der Waals surface area (Å²) in [6.07, 6.45) is 2.46. The van der Waals surface area contributed by atoms with Crippen LogP contribution in [0.3, 0.4) is 0 Å². The van der Waals surface area contributed by atoms with Crippen LogP contribution in [0.5, 0.6) is 5.75 Å². The molecule has 2 heterocycles. The SMILES string of the molecule is Cc1ccccc1OCC(=O)N1CCC(Cc2n[nH]c(=O)n2-c2ccccc2C)CC1. The van der Waals surface area contributed by atoms with Crippen LogP contribution in [0.15, 0.2) is 53.3 Å². The number of aromatic amines is 1. The Morgan fingerprint density at radius 1 is 1.06 bits per heavy atom. The van der Waals surface area contributed by atoms with Crippen molar-refractivity contribution < 1.29 is 9.53 Å². The maximum absolute atomic E-state index is 12.6. The molecule has 1 fully saturated rings. The van der Waals surface area contributed by atoms with Gasteiger partial charge >= 0.3 is 5.69 Å². The first kappa shape index (κ1) is 20.9. The molecule has 7 nitrogen and oxygen atoms in total. The Bertz CT molecular complexity index is 1110. The van der Waals surface area contributed by atoms with Crippen LogP contribution in [0.25, 0.3) is 5.69 Å². The molecule has 0 bridgehead atoms. The first-order chi connectivity index (χ1) is 15.0. The largest absolute Gasteiger partial charge is 0.484 e. The van der Waals surface area contributed by atoms with E-state index < -0.39 is 0 Å². The van der Waals surface area contributed by atoms with Gasteiger partial charge in [0.05, 0.1) is 5.69 Å². The molecule has 3 aromatic rings. The molecule has 0 saturated carbocycles. The summed E-state index contributed by atoms with van der Waals surface area (Å²) in [7, 11) is 0. The summed E-state index contributed by atoms with van der Waals surface area (Å²) in [4.78, 5) is 26.8. The lowest BCUT2D eigenvalue weighted by atomic mass is 9.93. The molecule has 1 aliphatic heterocycles. The van der Waals surface area contributed by atoms with Gasteiger partial charge in [-0.15, -0.1) is 0 Å². The van der Waals surface area contributed by atoms with Gasteiger partial charge in [-0.3, -0.25) is 4.79 Å². The molecule has 7 heteroatoms. The van der Waals surface area contributed by atoms with Crippen LogP contribution in [-0.4, -0.2) is 45.3 Å². The van der Waals surface area contributed by atoms with Crippen LogP contribution < -0.4 is 10.4 Å². The van der Waals surface area contributed by atoms with Crippen molar-refractivity contribution in [2.45, 2.75) is 33.1 Å². The third kappa shape index (κ3) is 4.71. The molecular weight excluding hydrogens is 392 g/mol. The number of H-pyrrole nitrogens is 1. The Morgan fingerprint density at radius 3 is 2.45 bits per heavy atom. The number of carbonyl (C=O) groups is 1. The number of carbonyl (C=O) groups excluding carboxylic acids is 1. The van der Waals surface area contributed by atoms with Crippen LogP contribution in [0.2, 0.25) is 0 Å². The van der Waals surface area contributed by atoms with E-state index in [4.69, 9.17) is 4.74 Å². The predicted octanol–water partition coefficient (Wildman–Crippen LogP) is 3.04. The fraction of sp³-hybridized carbons (Fsp3) is 0.375. The number of aryl methyl sites for hydroxylation is 2. The van der Waals surface area contributed by atoms with Crippen LogP contribution in [0.1, 0.15) is 29.8 Å². The van der Waals surface area contributed by atoms with Crippen molar-refractivity contribution in [2.75, 3.05) is 19.7 Å². The predicted molar refractivity (Wildman–Crippen MR) is 119 cm³/mol. The van der Waals surface area contributed by atoms with E-state index in [1.54, 1.807) is 4.57 Å². The van der Waals surface area contributed by atoms with E-state index in [1.807, 2.05) is 67.3 Å². The minimum Gasteiger partial charge on any atom is -0.484 e. The highest BCUT2D eigenvalue weighted by Crippen LogP contribution is 2.23. The molecule has 1 aromatic heterocycles. The van der Waals surface area contributed by atoms with Crippen LogP contribution >= 0.6 is 0 Å². The first-order valence-corrected chi connectivity index (χ1v) is 10.7. The van der Waals surface area contributed by atoms with Gasteiger partial charge < -0.3 is 9.64 Å². The topological polar surface area (TPSA) is 80.2 Å². The highest BCUT2D eigenvalue weighted by atomic mass is 16.5. The lowest BCUT2D eigenvalue weighted by Crippen LogP contribution is -2.41. The minimum atomic E-state index is -0.217. The lowest BCUT2D eigenvalue weighted by Gasteiger charge is -2.31. The number of hydrogen-bond donors (Lipinski definition) is 1. The van der Waals surface area contributed by atoms with E-state index in [0.717, 1.165) is 41.2 Å². The number of piperidine rings is 1. The van der Waals surface area contributed by atoms with Gasteiger partial charge in [0.1, 0.15) is 11.6 Å². The van der Waals surface area contributed by atoms with E-state index >= 15 is 0 Å². The van der Waals surface area contributed by atoms with Crippen molar-refractivity contribution in [1.82, 2.24) is 19.7 Å². The summed E-state index contributed by atoms with van der Waals surface area (Å²) in [5.74, 6) is 1.88. The molecule has 1 aliphatic rings. The van der Waals surface area contributed by atoms with Gasteiger partial charge in [0, 0.05) is 19.5 Å². The first-order valence-electron chi connectivity index (χ1n) is 10.7. The second kappa shape index (κ2) is 9.20. The van der Waals surface area contributed by atoms with Crippen LogP contribution in [0, 0.1) is 19.8 Å². The quantitative estimate of drug-likeness (QED) is 0.665. The van der Waals surface area contributed by atoms with Gasteiger partial charge in [-0.25, -0.2) is 14.5 Å². The molecule has 31 heavy (non-hydrogen) atoms. The van der Waals surface area contributed by atoms with E-state index in [1.165, 1.54) is 0 Å². The number of nitrogens with zero attached hydrogens (tertiary/aromatic N) is 3. The van der Waals surface area contributed by atoms with E-state index in [2.05, 4.69) is 10.2 Å². The number of aromatic nitrogens is 3. The number of rotatable bonds is 6. The zero-order valence-electron chi connectivity index (χ0n) is 18.0. The zero-order valence-corrected chi connectivity index (χ0v) is 18.0. The van der Waals surface area contributed by atoms with E-state index in [0.29, 0.717) is 25.4 Å². The molecule has 1 amide bonds. The molecule has 2 aromatic carbocycles. The third-order valence-electron chi connectivity index (χ3n) is 5.98. The number of hydrogen-bond acceptors (Lipinski definition) is 4. The van der Waals surface area contributed by atoms with E-state index in [-0.39, 0.29) is 18.2 Å². The summed E-state index contributed by atoms with van der Waals surface area (Å²) in [6.45, 7) is 5.40. The zero-order chi connectivity index (χ0) is 21.8. The molecule has 162 valence electrons. The van der Waals surface area contributed by atoms with Crippen molar-refractivity contribution in [1.29, 1.82) is 0 Å². The van der Waals surface area contributed by atoms with Crippen molar-refractivity contribution in [3.8, 4) is 11.4 Å². The third-order valence-corrected chi connectivity index (χ3v) is 5.98. The molecule has 0 atom stereocenters. The summed E-state index contributed by atoms with van der Waals surface area (Å²) in [5.41, 5.74) is 2.69. The molecular formula is C24H28N4O3. The smallest absolute Gasteiger partial charge is 0.347 e. The Kier molecular flexibility index (Phi) is 6.21. The second-order valence-corrected chi connectivity index (χ2v) is 8.15. The van der Waals surface area contributed by atoms with Crippen molar-refractivity contribution in [3.05, 3.63) is 76.0 Å². The minimum absolute atomic E-state index is 0.0123. The van der Waals surface area contributed by atoms with Crippen LogP contribution in [0.4, 0.5) is 0 Å². The van der Waals surface area contributed by atoms with Crippen molar-refractivity contribution in [2.24, 2.45) is 5.92 Å². The summed E-state index contributed by atoms with van der Waals surface area (Å²) in [6, 6.07) is 15.5. The summed E-state index contributed by atoms with van der Waals surface area (Å²) < 4.78 is 7.38. The fourth-order valence-electron chi connectivity index (χ4n) is 4.12. The summed E-state index contributed by atoms with van der Waals surface area (Å²) >= 11 is 0. The van der Waals surface area contributed by atoms with Crippen LogP contribution in [-0.2, 0) is 11.2 Å². The molecule has 1 N–H and O–H groups in total. The molecule has 1 saturated heterocycles. The van der Waals surface area contributed by atoms with Gasteiger partial charge in [0.25, 0.3) is 5.91 Å². The normalized spacial score (nSPS) is 14.6. The van der Waals surface area contributed by atoms with Crippen molar-refractivity contribution >= 4 is 5.91 Å². The Balaban J connectivity index is 1.34. The summed E-state index contributed by atoms with van der Waals surface area (Å²) in [5, 5.41) is 6.87. The lowest BCUT2D eigenvalue weighted by molar-refractivity contribution is -0.134. The van der Waals surface area contributed by atoms with Crippen molar-refractivity contribution in [3.63, 3.8) is 0 Å². The maximum Gasteiger partial charge on any atom is 0.347 e. The number of nitrogens with one attached hydrogen (secondary N) is 1. The average Bonchev–Trinajstić information content (AvgIpc) is 3.13. The highest BCUT2D eigenvalue weighted by Gasteiger charge is 2.25. The monoisotopic (exact) mass is 420 g/mol. The number of likely N-dealkylation sites (tertiary alicyclic amines) is 1. The Morgan fingerprint density at radius 2 is 1.74 bits per heavy atom. The standard InChI is InChI=1S/C24H28N4O3/c1-17-7-3-5-9-20(17)28-22(25-26-24(28)30)15-19-11-13-27(14-12-19)23(29)16-31-21-10-6-4-8-18(21)2/h3-10,19H,11-16H2,1-2H3,(H,26,30). The molecule has 0 radical (unpaired) electrons. The van der Waals surface area contributed by atoms with Gasteiger partial charge in [-0.1, -0.05) is 36.4 Å². The Hall–Kier alpha value is -3.35.